The van der Waals surface area contributed by atoms with Gasteiger partial charge in [-0.2, -0.15) is 5.10 Å². The summed E-state index contributed by atoms with van der Waals surface area (Å²) in [5, 5.41) is 8.24. The van der Waals surface area contributed by atoms with Crippen LogP contribution >= 0.6 is 23.2 Å². The van der Waals surface area contributed by atoms with E-state index in [4.69, 9.17) is 23.2 Å². The van der Waals surface area contributed by atoms with E-state index in [0.29, 0.717) is 5.02 Å². The summed E-state index contributed by atoms with van der Waals surface area (Å²) in [6, 6.07) is 14.4. The smallest absolute Gasteiger partial charge is 0.0565 e. The second-order valence-corrected chi connectivity index (χ2v) is 7.26. The Morgan fingerprint density at radius 1 is 1.04 bits per heavy atom. The van der Waals surface area contributed by atoms with Gasteiger partial charge in [0, 0.05) is 27.7 Å². The van der Waals surface area contributed by atoms with Crippen LogP contribution in [0.3, 0.4) is 0 Å². The van der Waals surface area contributed by atoms with Crippen LogP contribution in [0, 0.1) is 0 Å². The zero-order valence-electron chi connectivity index (χ0n) is 14.3. The summed E-state index contributed by atoms with van der Waals surface area (Å²) in [5.74, 6) is 0.227. The first-order chi connectivity index (χ1) is 12.0. The molecular weight excluding hydrogens is 353 g/mol. The summed E-state index contributed by atoms with van der Waals surface area (Å²) in [4.78, 5) is 2.19. The Hall–Kier alpha value is -1.81. The Balaban J connectivity index is 1.93. The number of halogens is 2. The Kier molecular flexibility index (Phi) is 5.79. The van der Waals surface area contributed by atoms with E-state index in [1.165, 1.54) is 5.56 Å². The molecule has 3 rings (SSSR count). The van der Waals surface area contributed by atoms with Gasteiger partial charge in [-0.15, -0.1) is 0 Å². The average Bonchev–Trinajstić information content (AvgIpc) is 3.11. The number of nitrogens with one attached hydrogen (secondary N) is 1. The van der Waals surface area contributed by atoms with Gasteiger partial charge in [0.15, 0.2) is 0 Å². The maximum absolute atomic E-state index is 6.49. The Morgan fingerprint density at radius 2 is 1.80 bits per heavy atom. The third kappa shape index (κ3) is 4.43. The lowest BCUT2D eigenvalue weighted by Crippen LogP contribution is -2.16. The van der Waals surface area contributed by atoms with Crippen molar-refractivity contribution >= 4 is 23.2 Å². The van der Waals surface area contributed by atoms with Gasteiger partial charge < -0.3 is 4.90 Å². The van der Waals surface area contributed by atoms with Gasteiger partial charge in [0.1, 0.15) is 0 Å². The normalized spacial score (nSPS) is 12.5. The number of aromatic nitrogens is 2. The first-order valence-electron chi connectivity index (χ1n) is 8.23. The van der Waals surface area contributed by atoms with Crippen molar-refractivity contribution in [3.05, 3.63) is 76.0 Å². The predicted octanol–water partition coefficient (Wildman–Crippen LogP) is 5.47. The SMILES string of the molecule is CN(C)CCC(c1ccc(-c2cn[nH]c2)cc1)c1ccc(Cl)cc1Cl. The summed E-state index contributed by atoms with van der Waals surface area (Å²) < 4.78 is 0. The standard InChI is InChI=1S/C20H21Cl2N3/c1-25(2)10-9-18(19-8-7-17(21)11-20(19)22)15-5-3-14(4-6-15)16-12-23-24-13-16/h3-8,11-13,18H,9-10H2,1-2H3,(H,23,24). The molecule has 2 aromatic carbocycles. The largest absolute Gasteiger partial charge is 0.309 e. The molecule has 0 aliphatic heterocycles. The number of H-pyrrole nitrogens is 1. The van der Waals surface area contributed by atoms with Crippen LogP contribution < -0.4 is 0 Å². The van der Waals surface area contributed by atoms with Crippen LogP contribution in [0.15, 0.2) is 54.9 Å². The first kappa shape index (κ1) is 18.0. The number of rotatable bonds is 6. The lowest BCUT2D eigenvalue weighted by molar-refractivity contribution is 0.390. The van der Waals surface area contributed by atoms with E-state index in [1.54, 1.807) is 0 Å². The van der Waals surface area contributed by atoms with Gasteiger partial charge in [0.05, 0.1) is 6.20 Å². The topological polar surface area (TPSA) is 31.9 Å². The van der Waals surface area contributed by atoms with E-state index in [1.807, 2.05) is 30.6 Å². The molecule has 0 saturated carbocycles. The van der Waals surface area contributed by atoms with Crippen molar-refractivity contribution in [1.82, 2.24) is 15.1 Å². The van der Waals surface area contributed by atoms with Crippen LogP contribution in [0.1, 0.15) is 23.5 Å². The molecule has 0 bridgehead atoms. The fraction of sp³-hybridized carbons (Fsp3) is 0.250. The van der Waals surface area contributed by atoms with Crippen molar-refractivity contribution < 1.29 is 0 Å². The Morgan fingerprint density at radius 3 is 2.40 bits per heavy atom. The highest BCUT2D eigenvalue weighted by molar-refractivity contribution is 6.35. The minimum Gasteiger partial charge on any atom is -0.309 e. The average molecular weight is 374 g/mol. The van der Waals surface area contributed by atoms with Gasteiger partial charge in [-0.1, -0.05) is 53.5 Å². The van der Waals surface area contributed by atoms with Gasteiger partial charge >= 0.3 is 0 Å². The first-order valence-corrected chi connectivity index (χ1v) is 8.99. The van der Waals surface area contributed by atoms with Gasteiger partial charge in [0.2, 0.25) is 0 Å². The molecule has 130 valence electrons. The highest BCUT2D eigenvalue weighted by atomic mass is 35.5. The number of hydrogen-bond donors (Lipinski definition) is 1. The Bertz CT molecular complexity index is 811. The molecule has 3 aromatic rings. The van der Waals surface area contributed by atoms with Crippen LogP contribution in [-0.2, 0) is 0 Å². The molecule has 1 heterocycles. The van der Waals surface area contributed by atoms with Crippen LogP contribution in [0.2, 0.25) is 10.0 Å². The number of aromatic amines is 1. The van der Waals surface area contributed by atoms with Crippen molar-refractivity contribution in [2.24, 2.45) is 0 Å². The highest BCUT2D eigenvalue weighted by Gasteiger charge is 2.18. The van der Waals surface area contributed by atoms with Gasteiger partial charge in [-0.05, 0) is 55.9 Å². The molecule has 0 fully saturated rings. The van der Waals surface area contributed by atoms with E-state index in [2.05, 4.69) is 53.5 Å². The Labute approximate surface area is 158 Å². The van der Waals surface area contributed by atoms with Crippen LogP contribution in [0.25, 0.3) is 11.1 Å². The molecule has 0 aliphatic rings. The minimum absolute atomic E-state index is 0.227. The maximum atomic E-state index is 6.49. The molecule has 0 radical (unpaired) electrons. The molecule has 3 nitrogen and oxygen atoms in total. The molecule has 0 spiro atoms. The van der Waals surface area contributed by atoms with E-state index in [9.17, 15) is 0 Å². The molecule has 25 heavy (non-hydrogen) atoms. The van der Waals surface area contributed by atoms with E-state index in [-0.39, 0.29) is 5.92 Å². The lowest BCUT2D eigenvalue weighted by atomic mass is 9.87. The maximum Gasteiger partial charge on any atom is 0.0565 e. The second kappa shape index (κ2) is 8.05. The van der Waals surface area contributed by atoms with Crippen molar-refractivity contribution in [3.63, 3.8) is 0 Å². The minimum atomic E-state index is 0.227. The highest BCUT2D eigenvalue weighted by Crippen LogP contribution is 2.35. The molecule has 1 N–H and O–H groups in total. The molecule has 0 saturated heterocycles. The summed E-state index contributed by atoms with van der Waals surface area (Å²) in [5.41, 5.74) is 4.59. The lowest BCUT2D eigenvalue weighted by Gasteiger charge is -2.22. The van der Waals surface area contributed by atoms with Crippen LogP contribution in [0.5, 0.6) is 0 Å². The fourth-order valence-electron chi connectivity index (χ4n) is 2.99. The number of benzene rings is 2. The van der Waals surface area contributed by atoms with E-state index in [0.717, 1.165) is 34.7 Å². The predicted molar refractivity (Wildman–Crippen MR) is 105 cm³/mol. The molecule has 5 heteroatoms. The van der Waals surface area contributed by atoms with Crippen molar-refractivity contribution in [2.45, 2.75) is 12.3 Å². The third-order valence-corrected chi connectivity index (χ3v) is 4.91. The summed E-state index contributed by atoms with van der Waals surface area (Å²) in [6.07, 6.45) is 4.71. The third-order valence-electron chi connectivity index (χ3n) is 4.35. The quantitative estimate of drug-likeness (QED) is 0.621. The van der Waals surface area contributed by atoms with Crippen LogP contribution in [-0.4, -0.2) is 35.7 Å². The molecule has 1 atom stereocenters. The summed E-state index contributed by atoms with van der Waals surface area (Å²) in [6.45, 7) is 0.979. The summed E-state index contributed by atoms with van der Waals surface area (Å²) >= 11 is 12.6. The van der Waals surface area contributed by atoms with Gasteiger partial charge in [-0.25, -0.2) is 0 Å². The van der Waals surface area contributed by atoms with Crippen molar-refractivity contribution in [1.29, 1.82) is 0 Å². The zero-order chi connectivity index (χ0) is 17.8. The monoisotopic (exact) mass is 373 g/mol. The van der Waals surface area contributed by atoms with Gasteiger partial charge in [0.25, 0.3) is 0 Å². The van der Waals surface area contributed by atoms with Crippen molar-refractivity contribution in [3.8, 4) is 11.1 Å². The second-order valence-electron chi connectivity index (χ2n) is 6.42. The molecule has 1 unspecified atom stereocenters. The fourth-order valence-corrected chi connectivity index (χ4v) is 3.53. The van der Waals surface area contributed by atoms with Gasteiger partial charge in [-0.3, -0.25) is 5.10 Å². The van der Waals surface area contributed by atoms with E-state index >= 15 is 0 Å². The zero-order valence-corrected chi connectivity index (χ0v) is 15.8. The van der Waals surface area contributed by atoms with Crippen LogP contribution in [0.4, 0.5) is 0 Å². The number of hydrogen-bond acceptors (Lipinski definition) is 2. The van der Waals surface area contributed by atoms with Crippen molar-refractivity contribution in [2.75, 3.05) is 20.6 Å². The summed E-state index contributed by atoms with van der Waals surface area (Å²) in [7, 11) is 4.17. The van der Waals surface area contributed by atoms with E-state index < -0.39 is 0 Å². The molecule has 0 aliphatic carbocycles. The molecule has 0 amide bonds. The molecule has 1 aromatic heterocycles. The number of nitrogens with zero attached hydrogens (tertiary/aromatic N) is 2. The molecular formula is C20H21Cl2N3.